The average Bonchev–Trinajstić information content (AvgIpc) is 2.88. The average molecular weight is 402 g/mol. The minimum atomic E-state index is -0.477. The molecule has 0 N–H and O–H groups in total. The summed E-state index contributed by atoms with van der Waals surface area (Å²) in [5.74, 6) is -0.579. The molecule has 0 fully saturated rings. The van der Waals surface area contributed by atoms with Crippen LogP contribution in [-0.4, -0.2) is 17.0 Å². The van der Waals surface area contributed by atoms with E-state index in [1.165, 1.54) is 12.1 Å². The highest BCUT2D eigenvalue weighted by Gasteiger charge is 2.17. The summed E-state index contributed by atoms with van der Waals surface area (Å²) < 4.78 is 21.9. The number of rotatable bonds is 5. The Kier molecular flexibility index (Phi) is 5.04. The molecule has 0 aliphatic heterocycles. The number of hydrogen-bond acceptors (Lipinski definition) is 2. The molecule has 0 radical (unpaired) electrons. The smallest absolute Gasteiger partial charge is 0.202 e. The molecule has 0 aliphatic carbocycles. The van der Waals surface area contributed by atoms with Crippen molar-refractivity contribution in [1.29, 1.82) is 0 Å². The summed E-state index contributed by atoms with van der Waals surface area (Å²) in [6.45, 7) is 3.64. The third-order valence-electron chi connectivity index (χ3n) is 3.99. The molecule has 25 heavy (non-hydrogen) atoms. The molecule has 5 heteroatoms. The number of ether oxygens (including phenoxy) is 1. The first-order valence-electron chi connectivity index (χ1n) is 7.83. The molecule has 128 valence electrons. The van der Waals surface area contributed by atoms with Gasteiger partial charge in [-0.1, -0.05) is 34.1 Å². The number of carbonyl (C=O) groups excluding carboxylic acids is 1. The van der Waals surface area contributed by atoms with Crippen LogP contribution in [0.15, 0.2) is 59.1 Å². The zero-order valence-electron chi connectivity index (χ0n) is 13.9. The molecule has 0 aliphatic rings. The van der Waals surface area contributed by atoms with E-state index in [0.717, 1.165) is 21.5 Å². The molecule has 0 saturated heterocycles. The van der Waals surface area contributed by atoms with Crippen LogP contribution in [-0.2, 0) is 0 Å². The van der Waals surface area contributed by atoms with Gasteiger partial charge in [0, 0.05) is 27.1 Å². The normalized spacial score (nSPS) is 10.7. The number of nitrogens with zero attached hydrogens (tertiary/aromatic N) is 1. The maximum atomic E-state index is 13.6. The Morgan fingerprint density at radius 2 is 1.88 bits per heavy atom. The monoisotopic (exact) mass is 401 g/mol. The fourth-order valence-corrected chi connectivity index (χ4v) is 3.23. The number of Topliss-reactive ketones (excluding diaryl/α,β-unsaturated/α-hetero) is 1. The first kappa shape index (κ1) is 17.4. The Balaban J connectivity index is 1.85. The highest BCUT2D eigenvalue weighted by molar-refractivity contribution is 9.10. The molecule has 0 atom stereocenters. The predicted molar refractivity (Wildman–Crippen MR) is 99.2 cm³/mol. The molecule has 0 unspecified atom stereocenters. The van der Waals surface area contributed by atoms with Gasteiger partial charge in [0.2, 0.25) is 5.78 Å². The molecule has 0 spiro atoms. The van der Waals surface area contributed by atoms with Crippen molar-refractivity contribution in [3.63, 3.8) is 0 Å². The van der Waals surface area contributed by atoms with Gasteiger partial charge in [0.05, 0.1) is 0 Å². The fraction of sp³-hybridized carbons (Fsp3) is 0.150. The Bertz CT molecular complexity index is 933. The van der Waals surface area contributed by atoms with Crippen LogP contribution in [0.3, 0.4) is 0 Å². The maximum absolute atomic E-state index is 13.6. The number of aromatic nitrogens is 1. The molecular formula is C20H17BrFNO2. The van der Waals surface area contributed by atoms with E-state index in [4.69, 9.17) is 4.74 Å². The number of ketones is 1. The summed E-state index contributed by atoms with van der Waals surface area (Å²) in [4.78, 5) is 12.5. The summed E-state index contributed by atoms with van der Waals surface area (Å²) in [6, 6.07) is 15.8. The Hall–Kier alpha value is -2.40. The summed E-state index contributed by atoms with van der Waals surface area (Å²) in [7, 11) is 0. The Morgan fingerprint density at radius 3 is 2.60 bits per heavy atom. The number of carbonyl (C=O) groups is 1. The quantitative estimate of drug-likeness (QED) is 0.546. The van der Waals surface area contributed by atoms with Gasteiger partial charge in [0.25, 0.3) is 0 Å². The van der Waals surface area contributed by atoms with Gasteiger partial charge >= 0.3 is 0 Å². The second-order valence-corrected chi connectivity index (χ2v) is 6.66. The Labute approximate surface area is 154 Å². The largest absolute Gasteiger partial charge is 0.482 e. The number of para-hydroxylation sites is 1. The number of hydrogen-bond donors (Lipinski definition) is 0. The first-order valence-corrected chi connectivity index (χ1v) is 8.62. The van der Waals surface area contributed by atoms with Crippen LogP contribution in [0.25, 0.3) is 5.69 Å². The van der Waals surface area contributed by atoms with Crippen LogP contribution in [0.1, 0.15) is 21.7 Å². The molecule has 3 aromatic rings. The Morgan fingerprint density at radius 1 is 1.12 bits per heavy atom. The van der Waals surface area contributed by atoms with Crippen molar-refractivity contribution in [2.75, 3.05) is 6.61 Å². The van der Waals surface area contributed by atoms with Gasteiger partial charge in [-0.2, -0.15) is 0 Å². The van der Waals surface area contributed by atoms with Crippen molar-refractivity contribution >= 4 is 21.7 Å². The van der Waals surface area contributed by atoms with Crippen LogP contribution in [0.4, 0.5) is 4.39 Å². The third kappa shape index (κ3) is 3.66. The number of aryl methyl sites for hydroxylation is 1. The zero-order valence-corrected chi connectivity index (χ0v) is 15.5. The molecule has 1 aromatic heterocycles. The molecule has 0 amide bonds. The van der Waals surface area contributed by atoms with Gasteiger partial charge < -0.3 is 9.30 Å². The van der Waals surface area contributed by atoms with Crippen LogP contribution >= 0.6 is 15.9 Å². The van der Waals surface area contributed by atoms with Crippen molar-refractivity contribution in [1.82, 2.24) is 4.57 Å². The fourth-order valence-electron chi connectivity index (χ4n) is 2.84. The summed E-state index contributed by atoms with van der Waals surface area (Å²) in [6.07, 6.45) is 0. The molecule has 0 bridgehead atoms. The van der Waals surface area contributed by atoms with E-state index in [1.54, 1.807) is 12.1 Å². The summed E-state index contributed by atoms with van der Waals surface area (Å²) >= 11 is 3.47. The molecular weight excluding hydrogens is 385 g/mol. The van der Waals surface area contributed by atoms with Crippen LogP contribution in [0.2, 0.25) is 0 Å². The van der Waals surface area contributed by atoms with E-state index in [2.05, 4.69) is 15.9 Å². The minimum Gasteiger partial charge on any atom is -0.482 e. The van der Waals surface area contributed by atoms with Gasteiger partial charge in [0.1, 0.15) is 0 Å². The first-order chi connectivity index (χ1) is 12.0. The van der Waals surface area contributed by atoms with Crippen molar-refractivity contribution in [3.05, 3.63) is 81.8 Å². The number of halogens is 2. The zero-order chi connectivity index (χ0) is 18.0. The van der Waals surface area contributed by atoms with Gasteiger partial charge in [-0.15, -0.1) is 0 Å². The van der Waals surface area contributed by atoms with Gasteiger partial charge in [-0.3, -0.25) is 4.79 Å². The SMILES string of the molecule is Cc1cc(C(=O)COc2ccccc2F)c(C)n1-c1cccc(Br)c1. The molecule has 0 saturated carbocycles. The molecule has 1 heterocycles. The maximum Gasteiger partial charge on any atom is 0.202 e. The van der Waals surface area contributed by atoms with E-state index < -0.39 is 5.82 Å². The lowest BCUT2D eigenvalue weighted by Crippen LogP contribution is -2.13. The highest BCUT2D eigenvalue weighted by Crippen LogP contribution is 2.24. The standard InChI is InChI=1S/C20H17BrFNO2/c1-13-10-17(14(2)23(13)16-7-5-6-15(21)11-16)19(24)12-25-20-9-4-3-8-18(20)22/h3-11H,12H2,1-2H3. The number of benzene rings is 2. The van der Waals surface area contributed by atoms with Crippen LogP contribution in [0.5, 0.6) is 5.75 Å². The van der Waals surface area contributed by atoms with Crippen molar-refractivity contribution in [2.45, 2.75) is 13.8 Å². The van der Waals surface area contributed by atoms with E-state index in [1.807, 2.05) is 48.7 Å². The lowest BCUT2D eigenvalue weighted by atomic mass is 10.1. The molecule has 3 rings (SSSR count). The topological polar surface area (TPSA) is 31.2 Å². The van der Waals surface area contributed by atoms with E-state index >= 15 is 0 Å². The molecule has 2 aromatic carbocycles. The van der Waals surface area contributed by atoms with Gasteiger partial charge in [-0.25, -0.2) is 4.39 Å². The second kappa shape index (κ2) is 7.23. The molecule has 3 nitrogen and oxygen atoms in total. The van der Waals surface area contributed by atoms with Crippen LogP contribution in [0, 0.1) is 19.7 Å². The lowest BCUT2D eigenvalue weighted by Gasteiger charge is -2.10. The van der Waals surface area contributed by atoms with Crippen molar-refractivity contribution in [2.24, 2.45) is 0 Å². The van der Waals surface area contributed by atoms with E-state index in [9.17, 15) is 9.18 Å². The third-order valence-corrected chi connectivity index (χ3v) is 4.49. The van der Waals surface area contributed by atoms with Gasteiger partial charge in [-0.05, 0) is 50.2 Å². The van der Waals surface area contributed by atoms with Crippen LogP contribution < -0.4 is 4.74 Å². The second-order valence-electron chi connectivity index (χ2n) is 5.74. The van der Waals surface area contributed by atoms with Gasteiger partial charge in [0.15, 0.2) is 18.2 Å². The summed E-state index contributed by atoms with van der Waals surface area (Å²) in [5, 5.41) is 0. The highest BCUT2D eigenvalue weighted by atomic mass is 79.9. The van der Waals surface area contributed by atoms with Crippen molar-refractivity contribution < 1.29 is 13.9 Å². The summed E-state index contributed by atoms with van der Waals surface area (Å²) in [5.41, 5.74) is 3.33. The van der Waals surface area contributed by atoms with Crippen molar-refractivity contribution in [3.8, 4) is 11.4 Å². The van der Waals surface area contributed by atoms with E-state index in [0.29, 0.717) is 5.56 Å². The minimum absolute atomic E-state index is 0.0802. The van der Waals surface area contributed by atoms with E-state index in [-0.39, 0.29) is 18.1 Å². The predicted octanol–water partition coefficient (Wildman–Crippen LogP) is 5.26. The lowest BCUT2D eigenvalue weighted by molar-refractivity contribution is 0.0918.